The van der Waals surface area contributed by atoms with Crippen LogP contribution in [-0.2, 0) is 12.7 Å². The van der Waals surface area contributed by atoms with Crippen LogP contribution in [0.15, 0.2) is 67.0 Å². The van der Waals surface area contributed by atoms with Gasteiger partial charge in [-0.25, -0.2) is 15.0 Å². The van der Waals surface area contributed by atoms with Crippen LogP contribution in [0, 0.1) is 6.92 Å². The second-order valence-electron chi connectivity index (χ2n) is 9.19. The van der Waals surface area contributed by atoms with E-state index < -0.39 is 30.4 Å². The number of carbonyl (C=O) groups excluding carboxylic acids is 1. The fourth-order valence-corrected chi connectivity index (χ4v) is 3.69. The first-order valence-electron chi connectivity index (χ1n) is 12.5. The van der Waals surface area contributed by atoms with E-state index in [0.29, 0.717) is 23.1 Å². The average Bonchev–Trinajstić information content (AvgIpc) is 2.96. The Balaban J connectivity index is 1.50. The number of rotatable bonds is 10. The van der Waals surface area contributed by atoms with Crippen molar-refractivity contribution < 1.29 is 28.2 Å². The number of anilines is 4. The van der Waals surface area contributed by atoms with Gasteiger partial charge in [0.25, 0.3) is 5.91 Å². The van der Waals surface area contributed by atoms with Gasteiger partial charge in [-0.05, 0) is 30.7 Å². The molecule has 0 aliphatic heterocycles. The van der Waals surface area contributed by atoms with Gasteiger partial charge < -0.3 is 31.9 Å². The number of nitrogens with two attached hydrogens (primary N) is 1. The maximum atomic E-state index is 13.4. The third kappa shape index (κ3) is 7.68. The Morgan fingerprint density at radius 3 is 2.37 bits per heavy atom. The number of aromatic nitrogens is 3. The molecule has 214 valence electrons. The molecule has 4 rings (SSSR count). The molecule has 1 atom stereocenters. The van der Waals surface area contributed by atoms with Crippen molar-refractivity contribution in [3.63, 3.8) is 0 Å². The SMILES string of the molecule is Cc1ccc(NC(=O)c2cc(C(F)(F)F)cnc2NCc2ccc(-c3cnc(N)c(NCC(O)CO)n3)cc2)cc1. The molecule has 0 spiro atoms. The van der Waals surface area contributed by atoms with E-state index in [9.17, 15) is 23.1 Å². The third-order valence-corrected chi connectivity index (χ3v) is 6.00. The van der Waals surface area contributed by atoms with E-state index >= 15 is 0 Å². The second-order valence-corrected chi connectivity index (χ2v) is 9.19. The zero-order chi connectivity index (χ0) is 29.6. The summed E-state index contributed by atoms with van der Waals surface area (Å²) >= 11 is 0. The normalized spacial score (nSPS) is 12.0. The molecule has 0 aliphatic rings. The summed E-state index contributed by atoms with van der Waals surface area (Å²) in [5.74, 6) is -0.350. The van der Waals surface area contributed by atoms with Gasteiger partial charge in [-0.15, -0.1) is 0 Å². The standard InChI is InChI=1S/C28H28F3N7O3/c1-16-2-8-20(9-3-16)37-27(41)22-10-19(28(29,30)31)12-35-25(22)34-11-17-4-6-18(7-5-17)23-14-33-24(32)26(38-23)36-13-21(40)15-39/h2-10,12,14,21,39-40H,11,13,15H2,1H3,(H2,32,33)(H,34,35)(H,36,38)(H,37,41). The molecule has 0 saturated heterocycles. The van der Waals surface area contributed by atoms with Crippen molar-refractivity contribution in [3.05, 3.63) is 89.2 Å². The van der Waals surface area contributed by atoms with Crippen LogP contribution in [0.2, 0.25) is 0 Å². The fraction of sp³-hybridized carbons (Fsp3) is 0.214. The van der Waals surface area contributed by atoms with Crippen LogP contribution in [0.25, 0.3) is 11.3 Å². The number of nitrogens with one attached hydrogen (secondary N) is 3. The predicted octanol–water partition coefficient (Wildman–Crippen LogP) is 4.08. The zero-order valence-corrected chi connectivity index (χ0v) is 21.9. The number of hydrogen-bond donors (Lipinski definition) is 6. The Kier molecular flexibility index (Phi) is 9.00. The highest BCUT2D eigenvalue weighted by Gasteiger charge is 2.32. The quantitative estimate of drug-likeness (QED) is 0.166. The van der Waals surface area contributed by atoms with E-state index in [1.54, 1.807) is 48.5 Å². The van der Waals surface area contributed by atoms with Crippen LogP contribution in [0.3, 0.4) is 0 Å². The van der Waals surface area contributed by atoms with Gasteiger partial charge in [-0.1, -0.05) is 42.0 Å². The Bertz CT molecular complexity index is 1500. The summed E-state index contributed by atoms with van der Waals surface area (Å²) in [4.78, 5) is 25.4. The van der Waals surface area contributed by atoms with Crippen molar-refractivity contribution in [2.45, 2.75) is 25.7 Å². The maximum Gasteiger partial charge on any atom is 0.417 e. The number of benzene rings is 2. The number of amides is 1. The lowest BCUT2D eigenvalue weighted by Gasteiger charge is -2.15. The molecule has 2 aromatic heterocycles. The molecule has 2 aromatic carbocycles. The number of nitrogen functional groups attached to an aromatic ring is 1. The van der Waals surface area contributed by atoms with E-state index in [1.165, 1.54) is 6.20 Å². The molecule has 0 aliphatic carbocycles. The molecule has 0 radical (unpaired) electrons. The summed E-state index contributed by atoms with van der Waals surface area (Å²) < 4.78 is 40.1. The number of halogens is 3. The molecule has 10 nitrogen and oxygen atoms in total. The number of carbonyl (C=O) groups is 1. The lowest BCUT2D eigenvalue weighted by molar-refractivity contribution is -0.137. The highest BCUT2D eigenvalue weighted by molar-refractivity contribution is 6.07. The minimum Gasteiger partial charge on any atom is -0.394 e. The molecular weight excluding hydrogens is 539 g/mol. The molecule has 13 heteroatoms. The van der Waals surface area contributed by atoms with Gasteiger partial charge in [-0.3, -0.25) is 4.79 Å². The minimum atomic E-state index is -4.67. The largest absolute Gasteiger partial charge is 0.417 e. The van der Waals surface area contributed by atoms with Gasteiger partial charge in [-0.2, -0.15) is 13.2 Å². The van der Waals surface area contributed by atoms with E-state index in [4.69, 9.17) is 10.8 Å². The van der Waals surface area contributed by atoms with Gasteiger partial charge in [0.1, 0.15) is 5.82 Å². The van der Waals surface area contributed by atoms with E-state index in [0.717, 1.165) is 17.2 Å². The number of nitrogens with zero attached hydrogens (tertiary/aromatic N) is 3. The number of aryl methyl sites for hydroxylation is 1. The first kappa shape index (κ1) is 29.2. The summed E-state index contributed by atoms with van der Waals surface area (Å²) in [6, 6.07) is 14.7. The molecule has 0 saturated carbocycles. The summed E-state index contributed by atoms with van der Waals surface area (Å²) in [7, 11) is 0. The van der Waals surface area contributed by atoms with Gasteiger partial charge in [0.15, 0.2) is 11.6 Å². The topological polar surface area (TPSA) is 158 Å². The third-order valence-electron chi connectivity index (χ3n) is 6.00. The minimum absolute atomic E-state index is 0.00290. The van der Waals surface area contributed by atoms with Crippen LogP contribution < -0.4 is 21.7 Å². The van der Waals surface area contributed by atoms with E-state index in [-0.39, 0.29) is 36.1 Å². The molecular formula is C28H28F3N7O3. The smallest absolute Gasteiger partial charge is 0.394 e. The molecule has 0 fully saturated rings. The number of aliphatic hydroxyl groups is 2. The van der Waals surface area contributed by atoms with Gasteiger partial charge in [0, 0.05) is 30.5 Å². The van der Waals surface area contributed by atoms with Gasteiger partial charge in [0.2, 0.25) is 0 Å². The number of hydrogen-bond acceptors (Lipinski definition) is 9. The molecule has 41 heavy (non-hydrogen) atoms. The molecule has 4 aromatic rings. The Hall–Kier alpha value is -4.75. The lowest BCUT2D eigenvalue weighted by Crippen LogP contribution is -2.24. The number of aliphatic hydroxyl groups excluding tert-OH is 2. The highest BCUT2D eigenvalue weighted by Crippen LogP contribution is 2.31. The fourth-order valence-electron chi connectivity index (χ4n) is 3.69. The Morgan fingerprint density at radius 1 is 1.00 bits per heavy atom. The van der Waals surface area contributed by atoms with Crippen molar-refractivity contribution in [1.82, 2.24) is 15.0 Å². The first-order chi connectivity index (χ1) is 19.5. The van der Waals surface area contributed by atoms with Crippen molar-refractivity contribution in [1.29, 1.82) is 0 Å². The van der Waals surface area contributed by atoms with Crippen LogP contribution in [-0.4, -0.2) is 50.3 Å². The first-order valence-corrected chi connectivity index (χ1v) is 12.5. The van der Waals surface area contributed by atoms with Crippen LogP contribution >= 0.6 is 0 Å². The molecule has 1 amide bonds. The van der Waals surface area contributed by atoms with Crippen LogP contribution in [0.4, 0.5) is 36.3 Å². The monoisotopic (exact) mass is 567 g/mol. The van der Waals surface area contributed by atoms with Crippen molar-refractivity contribution in [2.24, 2.45) is 0 Å². The molecule has 7 N–H and O–H groups in total. The van der Waals surface area contributed by atoms with E-state index in [2.05, 4.69) is 30.9 Å². The van der Waals surface area contributed by atoms with Gasteiger partial charge >= 0.3 is 6.18 Å². The van der Waals surface area contributed by atoms with Crippen molar-refractivity contribution in [2.75, 3.05) is 34.8 Å². The molecule has 1 unspecified atom stereocenters. The lowest BCUT2D eigenvalue weighted by atomic mass is 10.1. The summed E-state index contributed by atoms with van der Waals surface area (Å²) in [5, 5.41) is 26.9. The summed E-state index contributed by atoms with van der Waals surface area (Å²) in [5.41, 5.74) is 7.93. The zero-order valence-electron chi connectivity index (χ0n) is 21.9. The molecule has 2 heterocycles. The van der Waals surface area contributed by atoms with Crippen molar-refractivity contribution in [3.8, 4) is 11.3 Å². The predicted molar refractivity (Wildman–Crippen MR) is 149 cm³/mol. The van der Waals surface area contributed by atoms with Crippen LogP contribution in [0.5, 0.6) is 0 Å². The summed E-state index contributed by atoms with van der Waals surface area (Å²) in [6.45, 7) is 1.66. The highest BCUT2D eigenvalue weighted by atomic mass is 19.4. The van der Waals surface area contributed by atoms with E-state index in [1.807, 2.05) is 6.92 Å². The molecule has 0 bridgehead atoms. The number of alkyl halides is 3. The van der Waals surface area contributed by atoms with Gasteiger partial charge in [0.05, 0.1) is 35.7 Å². The Morgan fingerprint density at radius 2 is 1.71 bits per heavy atom. The van der Waals surface area contributed by atoms with Crippen LogP contribution in [0.1, 0.15) is 27.0 Å². The maximum absolute atomic E-state index is 13.4. The average molecular weight is 568 g/mol. The summed E-state index contributed by atoms with van der Waals surface area (Å²) in [6.07, 6.45) is -3.49. The second kappa shape index (κ2) is 12.6. The number of pyridine rings is 1. The Labute approximate surface area is 233 Å². The van der Waals surface area contributed by atoms with Crippen molar-refractivity contribution >= 4 is 29.0 Å².